The molecule has 0 radical (unpaired) electrons. The van der Waals surface area contributed by atoms with Crippen molar-refractivity contribution < 1.29 is 4.79 Å². The minimum Gasteiger partial charge on any atom is -0.347 e. The summed E-state index contributed by atoms with van der Waals surface area (Å²) < 4.78 is 1.03. The van der Waals surface area contributed by atoms with E-state index < -0.39 is 6.04 Å². The van der Waals surface area contributed by atoms with E-state index in [1.54, 1.807) is 14.1 Å². The molecule has 0 saturated heterocycles. The lowest BCUT2D eigenvalue weighted by Crippen LogP contribution is -2.41. The number of rotatable bonds is 3. The van der Waals surface area contributed by atoms with Gasteiger partial charge < -0.3 is 10.6 Å². The lowest BCUT2D eigenvalue weighted by atomic mass is 10.1. The first-order valence-corrected chi connectivity index (χ1v) is 5.51. The van der Waals surface area contributed by atoms with Crippen molar-refractivity contribution in [3.8, 4) is 0 Å². The van der Waals surface area contributed by atoms with E-state index in [1.165, 1.54) is 4.90 Å². The molecule has 1 unspecified atom stereocenters. The summed E-state index contributed by atoms with van der Waals surface area (Å²) in [6.45, 7) is 0. The van der Waals surface area contributed by atoms with E-state index >= 15 is 0 Å². The van der Waals surface area contributed by atoms with Crippen molar-refractivity contribution in [2.75, 3.05) is 14.1 Å². The fraction of sp³-hybridized carbons (Fsp3) is 0.364. The van der Waals surface area contributed by atoms with E-state index in [4.69, 9.17) is 5.73 Å². The molecule has 82 valence electrons. The molecule has 0 aliphatic heterocycles. The van der Waals surface area contributed by atoms with Gasteiger partial charge in [-0.2, -0.15) is 0 Å². The monoisotopic (exact) mass is 270 g/mol. The predicted molar refractivity (Wildman–Crippen MR) is 64.5 cm³/mol. The van der Waals surface area contributed by atoms with E-state index in [1.807, 2.05) is 24.3 Å². The highest BCUT2D eigenvalue weighted by atomic mass is 79.9. The van der Waals surface area contributed by atoms with Gasteiger partial charge in [0.15, 0.2) is 0 Å². The second-order valence-electron chi connectivity index (χ2n) is 3.67. The highest BCUT2D eigenvalue weighted by Gasteiger charge is 2.15. The molecule has 15 heavy (non-hydrogen) atoms. The van der Waals surface area contributed by atoms with Crippen LogP contribution in [0.2, 0.25) is 0 Å². The van der Waals surface area contributed by atoms with Gasteiger partial charge >= 0.3 is 0 Å². The molecule has 0 heterocycles. The fourth-order valence-electron chi connectivity index (χ4n) is 1.29. The summed E-state index contributed by atoms with van der Waals surface area (Å²) in [7, 11) is 3.42. The summed E-state index contributed by atoms with van der Waals surface area (Å²) in [6.07, 6.45) is 0.574. The summed E-state index contributed by atoms with van der Waals surface area (Å²) >= 11 is 3.36. The predicted octanol–water partition coefficient (Wildman–Crippen LogP) is 1.41. The van der Waals surface area contributed by atoms with Gasteiger partial charge in [-0.25, -0.2) is 0 Å². The van der Waals surface area contributed by atoms with Gasteiger partial charge in [-0.05, 0) is 24.1 Å². The molecule has 0 bridgehead atoms. The molecule has 0 spiro atoms. The molecule has 0 aliphatic rings. The number of nitrogens with zero attached hydrogens (tertiary/aromatic N) is 1. The van der Waals surface area contributed by atoms with Crippen molar-refractivity contribution in [3.05, 3.63) is 34.3 Å². The number of amides is 1. The normalized spacial score (nSPS) is 12.3. The van der Waals surface area contributed by atoms with Crippen LogP contribution in [0, 0.1) is 0 Å². The lowest BCUT2D eigenvalue weighted by molar-refractivity contribution is -0.130. The third-order valence-electron chi connectivity index (χ3n) is 2.13. The Morgan fingerprint density at radius 2 is 1.93 bits per heavy atom. The lowest BCUT2D eigenvalue weighted by Gasteiger charge is -2.16. The summed E-state index contributed by atoms with van der Waals surface area (Å²) in [6, 6.07) is 7.37. The molecule has 1 amide bonds. The highest BCUT2D eigenvalue weighted by molar-refractivity contribution is 9.10. The number of hydrogen-bond donors (Lipinski definition) is 1. The van der Waals surface area contributed by atoms with Crippen LogP contribution < -0.4 is 5.73 Å². The van der Waals surface area contributed by atoms with Gasteiger partial charge in [-0.1, -0.05) is 28.1 Å². The van der Waals surface area contributed by atoms with Crippen molar-refractivity contribution in [1.29, 1.82) is 0 Å². The van der Waals surface area contributed by atoms with Crippen molar-refractivity contribution in [2.45, 2.75) is 12.5 Å². The van der Waals surface area contributed by atoms with E-state index in [9.17, 15) is 4.79 Å². The van der Waals surface area contributed by atoms with Crippen LogP contribution in [-0.4, -0.2) is 30.9 Å². The Balaban J connectivity index is 2.62. The number of halogens is 1. The Kier molecular flexibility index (Phi) is 4.29. The zero-order valence-electron chi connectivity index (χ0n) is 8.90. The number of carbonyl (C=O) groups is 1. The van der Waals surface area contributed by atoms with Crippen LogP contribution in [0.1, 0.15) is 5.56 Å². The Morgan fingerprint density at radius 3 is 2.40 bits per heavy atom. The summed E-state index contributed by atoms with van der Waals surface area (Å²) in [5, 5.41) is 0. The first kappa shape index (κ1) is 12.2. The average Bonchev–Trinajstić information content (AvgIpc) is 2.20. The first-order valence-electron chi connectivity index (χ1n) is 4.72. The van der Waals surface area contributed by atoms with Gasteiger partial charge in [0.25, 0.3) is 0 Å². The van der Waals surface area contributed by atoms with Crippen LogP contribution in [0.3, 0.4) is 0 Å². The van der Waals surface area contributed by atoms with Crippen LogP contribution in [-0.2, 0) is 11.2 Å². The Hall–Kier alpha value is -0.870. The highest BCUT2D eigenvalue weighted by Crippen LogP contribution is 2.11. The van der Waals surface area contributed by atoms with Crippen LogP contribution >= 0.6 is 15.9 Å². The summed E-state index contributed by atoms with van der Waals surface area (Å²) in [5.74, 6) is -0.0436. The smallest absolute Gasteiger partial charge is 0.239 e. The molecule has 1 atom stereocenters. The van der Waals surface area contributed by atoms with Crippen molar-refractivity contribution in [2.24, 2.45) is 5.73 Å². The molecular formula is C11H15BrN2O. The summed E-state index contributed by atoms with van der Waals surface area (Å²) in [4.78, 5) is 13.0. The Bertz CT molecular complexity index is 335. The number of carbonyl (C=O) groups excluding carboxylic acids is 1. The van der Waals surface area contributed by atoms with Gasteiger partial charge in [0.2, 0.25) is 5.91 Å². The van der Waals surface area contributed by atoms with E-state index in [0.29, 0.717) is 6.42 Å². The van der Waals surface area contributed by atoms with Gasteiger partial charge in [-0.15, -0.1) is 0 Å². The standard InChI is InChI=1S/C11H15BrN2O/c1-14(2)11(15)10(13)7-8-3-5-9(12)6-4-8/h3-6,10H,7,13H2,1-2H3. The molecular weight excluding hydrogens is 256 g/mol. The van der Waals surface area contributed by atoms with Crippen LogP contribution in [0.15, 0.2) is 28.7 Å². The second-order valence-corrected chi connectivity index (χ2v) is 4.59. The van der Waals surface area contributed by atoms with E-state index in [0.717, 1.165) is 10.0 Å². The SMILES string of the molecule is CN(C)C(=O)C(N)Cc1ccc(Br)cc1. The zero-order valence-corrected chi connectivity index (χ0v) is 10.5. The molecule has 0 saturated carbocycles. The molecule has 1 rings (SSSR count). The molecule has 4 heteroatoms. The number of likely N-dealkylation sites (N-methyl/N-ethyl adjacent to an activating group) is 1. The molecule has 0 aromatic heterocycles. The topological polar surface area (TPSA) is 46.3 Å². The van der Waals surface area contributed by atoms with Crippen LogP contribution in [0.5, 0.6) is 0 Å². The zero-order chi connectivity index (χ0) is 11.4. The van der Waals surface area contributed by atoms with Gasteiger partial charge in [0.1, 0.15) is 0 Å². The summed E-state index contributed by atoms with van der Waals surface area (Å²) in [5.41, 5.74) is 6.86. The molecule has 1 aromatic carbocycles. The van der Waals surface area contributed by atoms with Crippen molar-refractivity contribution in [1.82, 2.24) is 4.90 Å². The van der Waals surface area contributed by atoms with Gasteiger partial charge in [0.05, 0.1) is 6.04 Å². The maximum atomic E-state index is 11.5. The second kappa shape index (κ2) is 5.28. The van der Waals surface area contributed by atoms with Gasteiger partial charge in [-0.3, -0.25) is 4.79 Å². The number of hydrogen-bond acceptors (Lipinski definition) is 2. The van der Waals surface area contributed by atoms with E-state index in [-0.39, 0.29) is 5.91 Å². The van der Waals surface area contributed by atoms with E-state index in [2.05, 4.69) is 15.9 Å². The molecule has 0 aliphatic carbocycles. The average molecular weight is 271 g/mol. The fourth-order valence-corrected chi connectivity index (χ4v) is 1.56. The van der Waals surface area contributed by atoms with Crippen LogP contribution in [0.4, 0.5) is 0 Å². The molecule has 3 nitrogen and oxygen atoms in total. The quantitative estimate of drug-likeness (QED) is 0.903. The maximum Gasteiger partial charge on any atom is 0.239 e. The molecule has 0 fully saturated rings. The first-order chi connectivity index (χ1) is 7.00. The Morgan fingerprint density at radius 1 is 1.40 bits per heavy atom. The maximum absolute atomic E-state index is 11.5. The largest absolute Gasteiger partial charge is 0.347 e. The van der Waals surface area contributed by atoms with Crippen LogP contribution in [0.25, 0.3) is 0 Å². The third kappa shape index (κ3) is 3.64. The molecule has 1 aromatic rings. The molecule has 2 N–H and O–H groups in total. The van der Waals surface area contributed by atoms with Crippen molar-refractivity contribution >= 4 is 21.8 Å². The number of nitrogens with two attached hydrogens (primary N) is 1. The van der Waals surface area contributed by atoms with Gasteiger partial charge in [0, 0.05) is 18.6 Å². The Labute approximate surface area is 98.4 Å². The number of benzene rings is 1. The minimum atomic E-state index is -0.457. The minimum absolute atomic E-state index is 0.0436. The van der Waals surface area contributed by atoms with Crippen molar-refractivity contribution in [3.63, 3.8) is 0 Å². The third-order valence-corrected chi connectivity index (χ3v) is 2.66.